The topological polar surface area (TPSA) is 84.9 Å². The van der Waals surface area contributed by atoms with E-state index in [-0.39, 0.29) is 36.6 Å². The number of benzene rings is 2. The Bertz CT molecular complexity index is 1070. The van der Waals surface area contributed by atoms with Gasteiger partial charge in [0.1, 0.15) is 17.6 Å². The Morgan fingerprint density at radius 1 is 1.26 bits per heavy atom. The molecule has 31 heavy (non-hydrogen) atoms. The van der Waals surface area contributed by atoms with Gasteiger partial charge >= 0.3 is 0 Å². The first-order chi connectivity index (χ1) is 14.9. The van der Waals surface area contributed by atoms with Crippen LogP contribution >= 0.6 is 0 Å². The van der Waals surface area contributed by atoms with Gasteiger partial charge in [-0.15, -0.1) is 0 Å². The molecule has 0 unspecified atom stereocenters. The molecule has 2 aliphatic heterocycles. The van der Waals surface area contributed by atoms with E-state index >= 15 is 0 Å². The fourth-order valence-electron chi connectivity index (χ4n) is 4.02. The smallest absolute Gasteiger partial charge is 0.243 e. The van der Waals surface area contributed by atoms with Crippen LogP contribution in [0.25, 0.3) is 0 Å². The zero-order chi connectivity index (χ0) is 22.0. The average molecular weight is 449 g/mol. The third-order valence-electron chi connectivity index (χ3n) is 5.58. The number of ether oxygens (including phenoxy) is 2. The van der Waals surface area contributed by atoms with Crippen LogP contribution in [0.2, 0.25) is 0 Å². The Kier molecular flexibility index (Phi) is 6.27. The summed E-state index contributed by atoms with van der Waals surface area (Å²) in [6.07, 6.45) is 1.45. The number of hydrogen-bond donors (Lipinski definition) is 1. The minimum absolute atomic E-state index is 0.103. The number of nitrogens with one attached hydrogen (secondary N) is 1. The van der Waals surface area contributed by atoms with E-state index in [1.165, 1.54) is 16.4 Å². The Hall–Kier alpha value is -2.49. The summed E-state index contributed by atoms with van der Waals surface area (Å²) in [5, 5.41) is 2.81. The van der Waals surface area contributed by atoms with Gasteiger partial charge < -0.3 is 14.8 Å². The van der Waals surface area contributed by atoms with Gasteiger partial charge in [-0.1, -0.05) is 17.7 Å². The van der Waals surface area contributed by atoms with E-state index in [9.17, 15) is 17.6 Å². The summed E-state index contributed by atoms with van der Waals surface area (Å²) in [5.41, 5.74) is 2.25. The molecule has 2 aromatic carbocycles. The molecule has 1 saturated heterocycles. The van der Waals surface area contributed by atoms with Crippen LogP contribution < -0.4 is 10.1 Å². The van der Waals surface area contributed by atoms with Crippen LogP contribution in [-0.2, 0) is 32.6 Å². The van der Waals surface area contributed by atoms with E-state index in [4.69, 9.17) is 9.47 Å². The molecule has 0 radical (unpaired) electrons. The van der Waals surface area contributed by atoms with Crippen molar-refractivity contribution in [1.82, 2.24) is 9.62 Å². The lowest BCUT2D eigenvalue weighted by Crippen LogP contribution is -2.46. The van der Waals surface area contributed by atoms with Gasteiger partial charge in [0.15, 0.2) is 6.79 Å². The van der Waals surface area contributed by atoms with Crippen LogP contribution in [0, 0.1) is 12.7 Å². The summed E-state index contributed by atoms with van der Waals surface area (Å²) < 4.78 is 51.9. The molecule has 2 aromatic rings. The Labute approximate surface area is 181 Å². The number of rotatable bonds is 6. The minimum Gasteiger partial charge on any atom is -0.467 e. The maximum Gasteiger partial charge on any atom is 0.243 e. The molecule has 2 aliphatic rings. The largest absolute Gasteiger partial charge is 0.467 e. The molecule has 1 amide bonds. The number of hydrogen-bond acceptors (Lipinski definition) is 5. The Morgan fingerprint density at radius 2 is 2.03 bits per heavy atom. The van der Waals surface area contributed by atoms with Crippen molar-refractivity contribution in [3.8, 4) is 5.75 Å². The van der Waals surface area contributed by atoms with E-state index in [2.05, 4.69) is 5.32 Å². The van der Waals surface area contributed by atoms with Crippen molar-refractivity contribution >= 4 is 15.9 Å². The first kappa shape index (κ1) is 21.7. The van der Waals surface area contributed by atoms with Crippen molar-refractivity contribution in [1.29, 1.82) is 0 Å². The number of aryl methyl sites for hydroxylation is 1. The van der Waals surface area contributed by atoms with Crippen molar-refractivity contribution in [3.63, 3.8) is 0 Å². The van der Waals surface area contributed by atoms with E-state index < -0.39 is 16.1 Å². The highest BCUT2D eigenvalue weighted by molar-refractivity contribution is 7.89. The number of carbonyl (C=O) groups excluding carboxylic acids is 1. The summed E-state index contributed by atoms with van der Waals surface area (Å²) in [4.78, 5) is 13.0. The molecule has 7 nitrogen and oxygen atoms in total. The SMILES string of the molecule is Cc1ccc(S(=O)(=O)N2CCC[C@H]2C(=O)NCCc2cc(F)cc3c2OCOC3)cc1. The highest BCUT2D eigenvalue weighted by Gasteiger charge is 2.39. The number of halogens is 1. The Morgan fingerprint density at radius 3 is 2.81 bits per heavy atom. The molecule has 0 bridgehead atoms. The lowest BCUT2D eigenvalue weighted by Gasteiger charge is -2.24. The molecule has 1 atom stereocenters. The van der Waals surface area contributed by atoms with Crippen molar-refractivity contribution in [2.45, 2.75) is 43.7 Å². The molecule has 166 valence electrons. The van der Waals surface area contributed by atoms with Crippen LogP contribution in [0.4, 0.5) is 4.39 Å². The quantitative estimate of drug-likeness (QED) is 0.734. The molecule has 0 aliphatic carbocycles. The average Bonchev–Trinajstić information content (AvgIpc) is 3.25. The van der Waals surface area contributed by atoms with Crippen molar-refractivity contribution in [2.75, 3.05) is 19.9 Å². The van der Waals surface area contributed by atoms with Gasteiger partial charge in [0, 0.05) is 18.7 Å². The molecule has 4 rings (SSSR count). The van der Waals surface area contributed by atoms with E-state index in [1.54, 1.807) is 24.3 Å². The fraction of sp³-hybridized carbons (Fsp3) is 0.409. The Balaban J connectivity index is 1.42. The maximum absolute atomic E-state index is 13.9. The molecule has 0 saturated carbocycles. The van der Waals surface area contributed by atoms with Gasteiger partial charge in [-0.3, -0.25) is 4.79 Å². The molecule has 0 aromatic heterocycles. The lowest BCUT2D eigenvalue weighted by atomic mass is 10.1. The summed E-state index contributed by atoms with van der Waals surface area (Å²) >= 11 is 0. The molecular weight excluding hydrogens is 423 g/mol. The molecule has 2 heterocycles. The van der Waals surface area contributed by atoms with Crippen LogP contribution in [-0.4, -0.2) is 44.6 Å². The standard InChI is InChI=1S/C22H25FN2O5S/c1-15-4-6-19(7-5-15)31(27,28)25-10-2-3-20(25)22(26)24-9-8-16-11-18(23)12-17-13-29-14-30-21(16)17/h4-7,11-12,20H,2-3,8-10,13-14H2,1H3,(H,24,26)/t20-/m0/s1. The molecular formula is C22H25FN2O5S. The van der Waals surface area contributed by atoms with E-state index in [0.29, 0.717) is 42.7 Å². The van der Waals surface area contributed by atoms with Crippen molar-refractivity contribution in [2.24, 2.45) is 0 Å². The van der Waals surface area contributed by atoms with E-state index in [0.717, 1.165) is 5.56 Å². The normalized spacial score (nSPS) is 19.0. The highest BCUT2D eigenvalue weighted by Crippen LogP contribution is 2.30. The van der Waals surface area contributed by atoms with Gasteiger partial charge in [-0.25, -0.2) is 12.8 Å². The van der Waals surface area contributed by atoms with Crippen LogP contribution in [0.5, 0.6) is 5.75 Å². The van der Waals surface area contributed by atoms with Gasteiger partial charge in [-0.2, -0.15) is 4.31 Å². The van der Waals surface area contributed by atoms with E-state index in [1.807, 2.05) is 6.92 Å². The van der Waals surface area contributed by atoms with Crippen molar-refractivity contribution < 1.29 is 27.1 Å². The number of amides is 1. The predicted octanol–water partition coefficient (Wildman–Crippen LogP) is 2.51. The third-order valence-corrected chi connectivity index (χ3v) is 7.50. The van der Waals surface area contributed by atoms with Gasteiger partial charge in [0.05, 0.1) is 11.5 Å². The number of fused-ring (bicyclic) bond motifs is 1. The summed E-state index contributed by atoms with van der Waals surface area (Å²) in [5.74, 6) is -0.144. The summed E-state index contributed by atoms with van der Waals surface area (Å²) in [6.45, 7) is 2.82. The predicted molar refractivity (Wildman–Crippen MR) is 111 cm³/mol. The monoisotopic (exact) mass is 448 g/mol. The highest BCUT2D eigenvalue weighted by atomic mass is 32.2. The summed E-state index contributed by atoms with van der Waals surface area (Å²) in [7, 11) is -3.76. The molecule has 9 heteroatoms. The number of carbonyl (C=O) groups is 1. The van der Waals surface area contributed by atoms with Crippen LogP contribution in [0.15, 0.2) is 41.3 Å². The van der Waals surface area contributed by atoms with Gasteiger partial charge in [0.25, 0.3) is 0 Å². The number of sulfonamides is 1. The second-order valence-corrected chi connectivity index (χ2v) is 9.68. The van der Waals surface area contributed by atoms with Gasteiger partial charge in [-0.05, 0) is 56.0 Å². The first-order valence-corrected chi connectivity index (χ1v) is 11.7. The molecule has 0 spiro atoms. The van der Waals surface area contributed by atoms with Gasteiger partial charge in [0.2, 0.25) is 15.9 Å². The van der Waals surface area contributed by atoms with Crippen molar-refractivity contribution in [3.05, 3.63) is 58.9 Å². The molecule has 1 N–H and O–H groups in total. The zero-order valence-corrected chi connectivity index (χ0v) is 18.1. The second kappa shape index (κ2) is 8.94. The third kappa shape index (κ3) is 4.58. The molecule has 1 fully saturated rings. The fourth-order valence-corrected chi connectivity index (χ4v) is 5.67. The zero-order valence-electron chi connectivity index (χ0n) is 17.3. The maximum atomic E-state index is 13.9. The second-order valence-electron chi connectivity index (χ2n) is 7.79. The van der Waals surface area contributed by atoms with Crippen LogP contribution in [0.3, 0.4) is 0 Å². The van der Waals surface area contributed by atoms with Crippen LogP contribution in [0.1, 0.15) is 29.5 Å². The first-order valence-electron chi connectivity index (χ1n) is 10.2. The number of nitrogens with zero attached hydrogens (tertiary/aromatic N) is 1. The lowest BCUT2D eigenvalue weighted by molar-refractivity contribution is -0.124. The minimum atomic E-state index is -3.76. The summed E-state index contributed by atoms with van der Waals surface area (Å²) in [6, 6.07) is 8.62.